The van der Waals surface area contributed by atoms with Crippen molar-refractivity contribution in [3.05, 3.63) is 76.3 Å². The third-order valence-electron chi connectivity index (χ3n) is 4.21. The standard InChI is InChI=1S/C20H19ClFN3O/c1-12-14(7-13-3-5-17(23)20(8-13)26-2)10-24-11-19(12)25-18-6-4-15(21)9-16(18)22/h3-6,8-11,25H,7,23H2,1-2H3. The number of pyridine rings is 1. The molecule has 4 nitrogen and oxygen atoms in total. The average Bonchev–Trinajstić information content (AvgIpc) is 2.62. The molecular weight excluding hydrogens is 353 g/mol. The minimum Gasteiger partial charge on any atom is -0.495 e. The van der Waals surface area contributed by atoms with E-state index in [2.05, 4.69) is 10.3 Å². The summed E-state index contributed by atoms with van der Waals surface area (Å²) in [6.45, 7) is 1.97. The van der Waals surface area contributed by atoms with Gasteiger partial charge < -0.3 is 15.8 Å². The molecule has 0 aliphatic heterocycles. The van der Waals surface area contributed by atoms with Gasteiger partial charge in [-0.3, -0.25) is 4.98 Å². The summed E-state index contributed by atoms with van der Waals surface area (Å²) in [4.78, 5) is 4.28. The highest BCUT2D eigenvalue weighted by molar-refractivity contribution is 6.30. The van der Waals surface area contributed by atoms with Crippen molar-refractivity contribution in [1.29, 1.82) is 0 Å². The summed E-state index contributed by atoms with van der Waals surface area (Å²) in [5, 5.41) is 3.44. The Balaban J connectivity index is 1.87. The Hall–Kier alpha value is -2.79. The molecule has 0 spiro atoms. The van der Waals surface area contributed by atoms with Crippen LogP contribution in [0.1, 0.15) is 16.7 Å². The lowest BCUT2D eigenvalue weighted by molar-refractivity contribution is 0.416. The summed E-state index contributed by atoms with van der Waals surface area (Å²) < 4.78 is 19.3. The molecule has 0 saturated heterocycles. The molecule has 3 N–H and O–H groups in total. The molecule has 0 saturated carbocycles. The van der Waals surface area contributed by atoms with Crippen LogP contribution < -0.4 is 15.8 Å². The van der Waals surface area contributed by atoms with E-state index >= 15 is 0 Å². The van der Waals surface area contributed by atoms with Crippen LogP contribution in [0.2, 0.25) is 5.02 Å². The highest BCUT2D eigenvalue weighted by Crippen LogP contribution is 2.28. The third kappa shape index (κ3) is 3.89. The first kappa shape index (κ1) is 18.0. The molecule has 6 heteroatoms. The zero-order valence-electron chi connectivity index (χ0n) is 14.5. The Labute approximate surface area is 156 Å². The number of nitrogens with one attached hydrogen (secondary N) is 1. The molecule has 3 rings (SSSR count). The number of aromatic nitrogens is 1. The molecule has 0 bridgehead atoms. The van der Waals surface area contributed by atoms with Gasteiger partial charge in [0.05, 0.1) is 30.4 Å². The first-order chi connectivity index (χ1) is 12.5. The fourth-order valence-corrected chi connectivity index (χ4v) is 2.85. The quantitative estimate of drug-likeness (QED) is 0.612. The van der Waals surface area contributed by atoms with Gasteiger partial charge in [-0.05, 0) is 60.4 Å². The molecular formula is C20H19ClFN3O. The SMILES string of the molecule is COc1cc(Cc2cncc(Nc3ccc(Cl)cc3F)c2C)ccc1N. The van der Waals surface area contributed by atoms with E-state index in [9.17, 15) is 4.39 Å². The van der Waals surface area contributed by atoms with Crippen LogP contribution in [0.4, 0.5) is 21.5 Å². The van der Waals surface area contributed by atoms with Crippen molar-refractivity contribution in [2.75, 3.05) is 18.2 Å². The van der Waals surface area contributed by atoms with Gasteiger partial charge in [0, 0.05) is 11.2 Å². The fourth-order valence-electron chi connectivity index (χ4n) is 2.69. The Kier molecular flexibility index (Phi) is 5.28. The lowest BCUT2D eigenvalue weighted by Crippen LogP contribution is -2.01. The van der Waals surface area contributed by atoms with E-state index < -0.39 is 5.82 Å². The van der Waals surface area contributed by atoms with Gasteiger partial charge in [-0.2, -0.15) is 0 Å². The number of halogens is 2. The third-order valence-corrected chi connectivity index (χ3v) is 4.45. The van der Waals surface area contributed by atoms with Crippen LogP contribution in [0.5, 0.6) is 5.75 Å². The van der Waals surface area contributed by atoms with Crippen molar-refractivity contribution >= 4 is 28.7 Å². The van der Waals surface area contributed by atoms with E-state index in [1.165, 1.54) is 6.07 Å². The van der Waals surface area contributed by atoms with Crippen molar-refractivity contribution in [1.82, 2.24) is 4.98 Å². The van der Waals surface area contributed by atoms with Crippen molar-refractivity contribution in [2.45, 2.75) is 13.3 Å². The minimum absolute atomic E-state index is 0.352. The van der Waals surface area contributed by atoms with Crippen LogP contribution in [-0.4, -0.2) is 12.1 Å². The normalized spacial score (nSPS) is 10.6. The van der Waals surface area contributed by atoms with Crippen LogP contribution in [-0.2, 0) is 6.42 Å². The van der Waals surface area contributed by atoms with Gasteiger partial charge in [0.25, 0.3) is 0 Å². The van der Waals surface area contributed by atoms with Gasteiger partial charge in [-0.15, -0.1) is 0 Å². The summed E-state index contributed by atoms with van der Waals surface area (Å²) >= 11 is 5.80. The molecule has 0 fully saturated rings. The van der Waals surface area contributed by atoms with Crippen molar-refractivity contribution in [3.63, 3.8) is 0 Å². The number of methoxy groups -OCH3 is 1. The number of anilines is 3. The lowest BCUT2D eigenvalue weighted by Gasteiger charge is -2.14. The topological polar surface area (TPSA) is 60.2 Å². The number of benzene rings is 2. The predicted octanol–water partition coefficient (Wildman–Crippen LogP) is 5.11. The molecule has 26 heavy (non-hydrogen) atoms. The Morgan fingerprint density at radius 1 is 1.15 bits per heavy atom. The minimum atomic E-state index is -0.412. The van der Waals surface area contributed by atoms with E-state index in [0.717, 1.165) is 22.4 Å². The Morgan fingerprint density at radius 2 is 1.96 bits per heavy atom. The molecule has 0 radical (unpaired) electrons. The maximum Gasteiger partial charge on any atom is 0.148 e. The number of nitrogen functional groups attached to an aromatic ring is 1. The molecule has 1 heterocycles. The molecule has 0 amide bonds. The number of rotatable bonds is 5. The largest absolute Gasteiger partial charge is 0.495 e. The van der Waals surface area contributed by atoms with Crippen molar-refractivity contribution in [3.8, 4) is 5.75 Å². The van der Waals surface area contributed by atoms with Crippen molar-refractivity contribution < 1.29 is 9.13 Å². The van der Waals surface area contributed by atoms with Gasteiger partial charge in [-0.25, -0.2) is 4.39 Å². The molecule has 3 aromatic rings. The van der Waals surface area contributed by atoms with E-state index in [1.54, 1.807) is 25.4 Å². The van der Waals surface area contributed by atoms with Crippen LogP contribution in [0.3, 0.4) is 0 Å². The van der Waals surface area contributed by atoms with Gasteiger partial charge in [0.1, 0.15) is 11.6 Å². The molecule has 0 aliphatic rings. The second-order valence-electron chi connectivity index (χ2n) is 5.97. The van der Waals surface area contributed by atoms with Gasteiger partial charge in [0.15, 0.2) is 0 Å². The molecule has 1 aromatic heterocycles. The van der Waals surface area contributed by atoms with Gasteiger partial charge in [-0.1, -0.05) is 17.7 Å². The summed E-state index contributed by atoms with van der Waals surface area (Å²) in [6, 6.07) is 10.2. The number of ether oxygens (including phenoxy) is 1. The van der Waals surface area contributed by atoms with E-state index in [1.807, 2.05) is 31.3 Å². The highest BCUT2D eigenvalue weighted by Gasteiger charge is 2.10. The van der Waals surface area contributed by atoms with Gasteiger partial charge >= 0.3 is 0 Å². The van der Waals surface area contributed by atoms with Crippen LogP contribution in [0.15, 0.2) is 48.8 Å². The second kappa shape index (κ2) is 7.62. The second-order valence-corrected chi connectivity index (χ2v) is 6.41. The molecule has 0 aliphatic carbocycles. The summed E-state index contributed by atoms with van der Waals surface area (Å²) in [5.74, 6) is 0.233. The zero-order valence-corrected chi connectivity index (χ0v) is 15.3. The summed E-state index contributed by atoms with van der Waals surface area (Å²) in [6.07, 6.45) is 4.14. The van der Waals surface area contributed by atoms with E-state index in [4.69, 9.17) is 22.1 Å². The van der Waals surface area contributed by atoms with Gasteiger partial charge in [0.2, 0.25) is 0 Å². The first-order valence-electron chi connectivity index (χ1n) is 8.06. The number of hydrogen-bond acceptors (Lipinski definition) is 4. The number of hydrogen-bond donors (Lipinski definition) is 2. The summed E-state index contributed by atoms with van der Waals surface area (Å²) in [7, 11) is 1.59. The molecule has 0 atom stereocenters. The molecule has 0 unspecified atom stereocenters. The van der Waals surface area contributed by atoms with Crippen molar-refractivity contribution in [2.24, 2.45) is 0 Å². The van der Waals surface area contributed by atoms with Crippen LogP contribution in [0.25, 0.3) is 0 Å². The van der Waals surface area contributed by atoms with Crippen LogP contribution in [0, 0.1) is 12.7 Å². The summed E-state index contributed by atoms with van der Waals surface area (Å²) in [5.41, 5.74) is 10.6. The first-order valence-corrected chi connectivity index (χ1v) is 8.43. The number of nitrogens with zero attached hydrogens (tertiary/aromatic N) is 1. The zero-order chi connectivity index (χ0) is 18.7. The molecule has 134 valence electrons. The van der Waals surface area contributed by atoms with E-state index in [-0.39, 0.29) is 0 Å². The Morgan fingerprint density at radius 3 is 2.69 bits per heavy atom. The number of nitrogens with two attached hydrogens (primary N) is 1. The maximum atomic E-state index is 14.0. The van der Waals surface area contributed by atoms with Crippen LogP contribution >= 0.6 is 11.6 Å². The maximum absolute atomic E-state index is 14.0. The van der Waals surface area contributed by atoms with E-state index in [0.29, 0.717) is 28.6 Å². The lowest BCUT2D eigenvalue weighted by atomic mass is 10.0. The predicted molar refractivity (Wildman–Crippen MR) is 104 cm³/mol. The smallest absolute Gasteiger partial charge is 0.148 e. The molecule has 2 aromatic carbocycles. The Bertz CT molecular complexity index is 946. The fraction of sp³-hybridized carbons (Fsp3) is 0.150. The average molecular weight is 372 g/mol. The monoisotopic (exact) mass is 371 g/mol. The highest BCUT2D eigenvalue weighted by atomic mass is 35.5.